The van der Waals surface area contributed by atoms with Crippen molar-refractivity contribution in [3.05, 3.63) is 47.8 Å². The number of alkyl halides is 2. The van der Waals surface area contributed by atoms with Crippen LogP contribution < -0.4 is 15.4 Å². The van der Waals surface area contributed by atoms with Crippen LogP contribution in [-0.2, 0) is 4.79 Å². The number of benzene rings is 1. The fourth-order valence-electron chi connectivity index (χ4n) is 1.86. The van der Waals surface area contributed by atoms with Gasteiger partial charge in [0.1, 0.15) is 11.4 Å². The van der Waals surface area contributed by atoms with Gasteiger partial charge in [-0.2, -0.15) is 0 Å². The first-order valence-corrected chi connectivity index (χ1v) is 7.40. The Morgan fingerprint density at radius 3 is 2.71 bits per heavy atom. The van der Waals surface area contributed by atoms with Gasteiger partial charge in [-0.15, -0.1) is 0 Å². The maximum absolute atomic E-state index is 12.9. The Morgan fingerprint density at radius 1 is 1.29 bits per heavy atom. The van der Waals surface area contributed by atoms with Crippen molar-refractivity contribution < 1.29 is 18.7 Å². The number of carbonyl (C=O) groups excluding carboxylic acids is 2. The van der Waals surface area contributed by atoms with E-state index in [-0.39, 0.29) is 23.0 Å². The van der Waals surface area contributed by atoms with Crippen LogP contribution in [0.1, 0.15) is 16.1 Å². The quantitative estimate of drug-likeness (QED) is 0.811. The lowest BCUT2D eigenvalue weighted by Crippen LogP contribution is -2.20. The summed E-state index contributed by atoms with van der Waals surface area (Å²) in [5.41, 5.74) is -0.865. The van der Waals surface area contributed by atoms with Gasteiger partial charge in [-0.1, -0.05) is 17.7 Å². The van der Waals surface area contributed by atoms with Crippen LogP contribution in [0.4, 0.5) is 10.1 Å². The van der Waals surface area contributed by atoms with E-state index in [2.05, 4.69) is 15.6 Å². The van der Waals surface area contributed by atoms with Gasteiger partial charge in [0.05, 0.1) is 5.69 Å². The Labute approximate surface area is 143 Å². The van der Waals surface area contributed by atoms with E-state index in [1.165, 1.54) is 19.3 Å². The molecule has 2 N–H and O–H groups in total. The van der Waals surface area contributed by atoms with Crippen molar-refractivity contribution in [1.29, 1.82) is 0 Å². The van der Waals surface area contributed by atoms with Gasteiger partial charge in [-0.25, -0.2) is 4.39 Å². The molecule has 2 aromatic rings. The van der Waals surface area contributed by atoms with Crippen LogP contribution in [-0.4, -0.2) is 29.5 Å². The van der Waals surface area contributed by atoms with Gasteiger partial charge in [0.2, 0.25) is 0 Å². The number of anilines is 1. The zero-order chi connectivity index (χ0) is 17.7. The number of aryl methyl sites for hydroxylation is 1. The lowest BCUT2D eigenvalue weighted by Gasteiger charge is -2.13. The van der Waals surface area contributed by atoms with Crippen molar-refractivity contribution in [2.24, 2.45) is 0 Å². The van der Waals surface area contributed by atoms with Crippen molar-refractivity contribution >= 4 is 29.1 Å². The van der Waals surface area contributed by atoms with Crippen molar-refractivity contribution in [2.75, 3.05) is 12.4 Å². The summed E-state index contributed by atoms with van der Waals surface area (Å²) in [6.07, 6.45) is 1.42. The summed E-state index contributed by atoms with van der Waals surface area (Å²) < 4.78 is 18.6. The van der Waals surface area contributed by atoms with E-state index in [9.17, 15) is 14.0 Å². The topological polar surface area (TPSA) is 80.3 Å². The summed E-state index contributed by atoms with van der Waals surface area (Å²) in [6.45, 7) is 1.83. The first-order valence-electron chi connectivity index (χ1n) is 6.96. The Hall–Kier alpha value is -2.67. The molecule has 126 valence electrons. The number of carbonyl (C=O) groups is 2. The number of nitrogens with one attached hydrogen (secondary N) is 2. The Bertz CT molecular complexity index is 768. The predicted octanol–water partition coefficient (Wildman–Crippen LogP) is 3.01. The summed E-state index contributed by atoms with van der Waals surface area (Å²) >= 11 is 5.12. The van der Waals surface area contributed by atoms with Crippen molar-refractivity contribution in [2.45, 2.75) is 12.6 Å². The third-order valence-electron chi connectivity index (χ3n) is 3.01. The number of amides is 2. The highest BCUT2D eigenvalue weighted by Gasteiger charge is 2.16. The number of halogens is 2. The largest absolute Gasteiger partial charge is 0.455 e. The molecule has 0 fully saturated rings. The number of nitrogens with zero attached hydrogens (tertiary/aromatic N) is 1. The predicted molar refractivity (Wildman–Crippen MR) is 88.3 cm³/mol. The Morgan fingerprint density at radius 2 is 2.04 bits per heavy atom. The molecule has 24 heavy (non-hydrogen) atoms. The fourth-order valence-corrected chi connectivity index (χ4v) is 1.91. The monoisotopic (exact) mass is 351 g/mol. The van der Waals surface area contributed by atoms with Gasteiger partial charge in [0.25, 0.3) is 17.4 Å². The normalized spacial score (nSPS) is 11.5. The van der Waals surface area contributed by atoms with E-state index < -0.39 is 11.5 Å². The summed E-state index contributed by atoms with van der Waals surface area (Å²) in [6, 6.07) is 7.97. The third kappa shape index (κ3) is 4.42. The second kappa shape index (κ2) is 7.74. The van der Waals surface area contributed by atoms with Crippen molar-refractivity contribution in [3.8, 4) is 11.5 Å². The molecule has 0 aliphatic heterocycles. The van der Waals surface area contributed by atoms with Crippen molar-refractivity contribution in [1.82, 2.24) is 10.3 Å². The van der Waals surface area contributed by atoms with Gasteiger partial charge in [-0.3, -0.25) is 14.6 Å². The average molecular weight is 352 g/mol. The molecule has 0 radical (unpaired) electrons. The lowest BCUT2D eigenvalue weighted by molar-refractivity contribution is -0.118. The molecule has 0 aliphatic carbocycles. The molecular formula is C16H15ClFN3O3. The number of aromatic nitrogens is 1. The molecule has 2 amide bonds. The highest BCUT2D eigenvalue weighted by atomic mass is 35.5. The van der Waals surface area contributed by atoms with E-state index in [1.807, 2.05) is 6.92 Å². The molecular weight excluding hydrogens is 337 g/mol. The summed E-state index contributed by atoms with van der Waals surface area (Å²) in [4.78, 5) is 27.0. The third-order valence-corrected chi connectivity index (χ3v) is 3.21. The number of ether oxygens (including phenoxy) is 1. The van der Waals surface area contributed by atoms with Crippen LogP contribution in [0.15, 0.2) is 36.5 Å². The Kier molecular flexibility index (Phi) is 5.70. The number of hydrogen-bond donors (Lipinski definition) is 2. The van der Waals surface area contributed by atoms with Crippen LogP contribution in [0.3, 0.4) is 0 Å². The van der Waals surface area contributed by atoms with Crippen LogP contribution in [0.5, 0.6) is 11.5 Å². The molecule has 0 saturated carbocycles. The first kappa shape index (κ1) is 17.7. The highest BCUT2D eigenvalue weighted by Crippen LogP contribution is 2.31. The molecule has 1 atom stereocenters. The molecule has 2 rings (SSSR count). The minimum absolute atomic E-state index is 0.179. The molecule has 0 bridgehead atoms. The standard InChI is InChI=1S/C16H15ClFN3O3/c1-9-3-4-11(21-16(23)14(17)18)13(7-9)24-10-5-6-20-12(8-10)15(22)19-2/h3-8,14H,1-2H3,(H,19,22)(H,21,23). The van der Waals surface area contributed by atoms with Crippen LogP contribution in [0, 0.1) is 6.92 Å². The van der Waals surface area contributed by atoms with Gasteiger partial charge in [0, 0.05) is 19.3 Å². The van der Waals surface area contributed by atoms with E-state index in [1.54, 1.807) is 24.3 Å². The first-order chi connectivity index (χ1) is 11.4. The van der Waals surface area contributed by atoms with Crippen LogP contribution >= 0.6 is 11.6 Å². The molecule has 1 unspecified atom stereocenters. The zero-order valence-electron chi connectivity index (χ0n) is 13.0. The molecule has 1 aromatic carbocycles. The van der Waals surface area contributed by atoms with Gasteiger partial charge in [-0.05, 0) is 30.7 Å². The molecule has 0 aliphatic rings. The van der Waals surface area contributed by atoms with Crippen LogP contribution in [0.2, 0.25) is 0 Å². The minimum Gasteiger partial charge on any atom is -0.455 e. The number of rotatable bonds is 5. The summed E-state index contributed by atoms with van der Waals surface area (Å²) in [5, 5.41) is 4.80. The molecule has 6 nitrogen and oxygen atoms in total. The maximum atomic E-state index is 12.9. The zero-order valence-corrected chi connectivity index (χ0v) is 13.7. The second-order valence-electron chi connectivity index (χ2n) is 4.85. The smallest absolute Gasteiger partial charge is 0.274 e. The van der Waals surface area contributed by atoms with E-state index in [4.69, 9.17) is 16.3 Å². The fraction of sp³-hybridized carbons (Fsp3) is 0.188. The lowest BCUT2D eigenvalue weighted by atomic mass is 10.2. The molecule has 1 heterocycles. The van der Waals surface area contributed by atoms with Gasteiger partial charge < -0.3 is 15.4 Å². The molecule has 1 aromatic heterocycles. The summed E-state index contributed by atoms with van der Waals surface area (Å²) in [5.74, 6) is -0.728. The van der Waals surface area contributed by atoms with E-state index in [0.717, 1.165) is 5.56 Å². The van der Waals surface area contributed by atoms with Crippen molar-refractivity contribution in [3.63, 3.8) is 0 Å². The van der Waals surface area contributed by atoms with Gasteiger partial charge >= 0.3 is 0 Å². The second-order valence-corrected chi connectivity index (χ2v) is 5.23. The number of pyridine rings is 1. The van der Waals surface area contributed by atoms with E-state index in [0.29, 0.717) is 5.75 Å². The average Bonchev–Trinajstić information content (AvgIpc) is 2.56. The van der Waals surface area contributed by atoms with Gasteiger partial charge in [0.15, 0.2) is 5.75 Å². The number of hydrogen-bond acceptors (Lipinski definition) is 4. The summed E-state index contributed by atoms with van der Waals surface area (Å²) in [7, 11) is 1.49. The molecule has 0 spiro atoms. The minimum atomic E-state index is -2.17. The SMILES string of the molecule is CNC(=O)c1cc(Oc2cc(C)ccc2NC(=O)C(F)Cl)ccn1. The molecule has 0 saturated heterocycles. The van der Waals surface area contributed by atoms with E-state index >= 15 is 0 Å². The maximum Gasteiger partial charge on any atom is 0.274 e. The Balaban J connectivity index is 2.30. The van der Waals surface area contributed by atoms with Crippen LogP contribution in [0.25, 0.3) is 0 Å². The molecule has 8 heteroatoms. The highest BCUT2D eigenvalue weighted by molar-refractivity contribution is 6.31.